The second-order valence-corrected chi connectivity index (χ2v) is 5.58. The van der Waals surface area contributed by atoms with Gasteiger partial charge >= 0.3 is 6.18 Å². The van der Waals surface area contributed by atoms with Gasteiger partial charge in [0.1, 0.15) is 11.0 Å². The summed E-state index contributed by atoms with van der Waals surface area (Å²) in [5.74, 6) is 0.716. The number of hydrogen-bond donors (Lipinski definition) is 1. The van der Waals surface area contributed by atoms with Gasteiger partial charge in [0.15, 0.2) is 5.82 Å². The molecule has 3 aromatic rings. The van der Waals surface area contributed by atoms with E-state index in [1.54, 1.807) is 18.5 Å². The van der Waals surface area contributed by atoms with Gasteiger partial charge in [0.2, 0.25) is 0 Å². The summed E-state index contributed by atoms with van der Waals surface area (Å²) in [6.07, 6.45) is -0.996. The molecule has 3 rings (SSSR count). The fourth-order valence-corrected chi connectivity index (χ4v) is 2.32. The van der Waals surface area contributed by atoms with Crippen LogP contribution >= 0.6 is 11.6 Å². The average Bonchev–Trinajstić information content (AvgIpc) is 2.60. The molecule has 8 heteroatoms. The first-order valence-corrected chi connectivity index (χ1v) is 7.64. The van der Waals surface area contributed by atoms with Crippen molar-refractivity contribution in [2.75, 3.05) is 5.32 Å². The van der Waals surface area contributed by atoms with E-state index >= 15 is 0 Å². The Balaban J connectivity index is 1.81. The Hall–Kier alpha value is -2.67. The van der Waals surface area contributed by atoms with Crippen LogP contribution in [0, 0.1) is 0 Å². The molecular formula is C17H12ClF3N4. The fraction of sp³-hybridized carbons (Fsp3) is 0.118. The first-order chi connectivity index (χ1) is 11.9. The molecule has 4 nitrogen and oxygen atoms in total. The lowest BCUT2D eigenvalue weighted by Gasteiger charge is -2.09. The molecule has 1 aromatic carbocycles. The normalized spacial score (nSPS) is 11.4. The zero-order valence-electron chi connectivity index (χ0n) is 12.8. The van der Waals surface area contributed by atoms with E-state index in [1.807, 2.05) is 12.1 Å². The number of aromatic nitrogens is 3. The average molecular weight is 365 g/mol. The predicted molar refractivity (Wildman–Crippen MR) is 89.0 cm³/mol. The van der Waals surface area contributed by atoms with E-state index in [0.717, 1.165) is 17.7 Å². The zero-order valence-corrected chi connectivity index (χ0v) is 13.5. The van der Waals surface area contributed by atoms with Crippen LogP contribution in [0.2, 0.25) is 5.15 Å². The molecule has 0 unspecified atom stereocenters. The van der Waals surface area contributed by atoms with Crippen LogP contribution in [0.1, 0.15) is 11.1 Å². The largest absolute Gasteiger partial charge is 0.416 e. The van der Waals surface area contributed by atoms with Gasteiger partial charge in [0, 0.05) is 30.6 Å². The van der Waals surface area contributed by atoms with Crippen molar-refractivity contribution < 1.29 is 13.2 Å². The van der Waals surface area contributed by atoms with E-state index in [9.17, 15) is 13.2 Å². The van der Waals surface area contributed by atoms with Crippen molar-refractivity contribution in [3.8, 4) is 11.4 Å². The van der Waals surface area contributed by atoms with E-state index in [2.05, 4.69) is 20.3 Å². The number of hydrogen-bond acceptors (Lipinski definition) is 4. The van der Waals surface area contributed by atoms with Crippen molar-refractivity contribution in [2.45, 2.75) is 12.7 Å². The maximum absolute atomic E-state index is 12.6. The second-order valence-electron chi connectivity index (χ2n) is 5.19. The summed E-state index contributed by atoms with van der Waals surface area (Å²) in [7, 11) is 0. The van der Waals surface area contributed by atoms with Gasteiger partial charge in [-0.25, -0.2) is 9.97 Å². The fourth-order valence-electron chi connectivity index (χ4n) is 2.14. The van der Waals surface area contributed by atoms with Gasteiger partial charge in [-0.15, -0.1) is 0 Å². The van der Waals surface area contributed by atoms with Crippen molar-refractivity contribution in [1.29, 1.82) is 0 Å². The minimum Gasteiger partial charge on any atom is -0.366 e. The first kappa shape index (κ1) is 17.2. The summed E-state index contributed by atoms with van der Waals surface area (Å²) in [5.41, 5.74) is 0.668. The summed E-state index contributed by atoms with van der Waals surface area (Å²) in [5, 5.41) is 3.29. The number of anilines is 1. The van der Waals surface area contributed by atoms with Crippen LogP contribution in [0.3, 0.4) is 0 Å². The van der Waals surface area contributed by atoms with Crippen molar-refractivity contribution >= 4 is 17.4 Å². The molecule has 0 saturated carbocycles. The van der Waals surface area contributed by atoms with Crippen molar-refractivity contribution in [1.82, 2.24) is 15.0 Å². The van der Waals surface area contributed by atoms with Gasteiger partial charge in [-0.2, -0.15) is 13.2 Å². The number of nitrogens with zero attached hydrogens (tertiary/aromatic N) is 3. The van der Waals surface area contributed by atoms with Crippen LogP contribution in [0.5, 0.6) is 0 Å². The third kappa shape index (κ3) is 4.45. The van der Waals surface area contributed by atoms with Crippen LogP contribution in [0.25, 0.3) is 11.4 Å². The molecule has 1 N–H and O–H groups in total. The molecule has 0 spiro atoms. The van der Waals surface area contributed by atoms with Crippen molar-refractivity contribution in [3.05, 3.63) is 71.1 Å². The highest BCUT2D eigenvalue weighted by Crippen LogP contribution is 2.30. The Bertz CT molecular complexity index is 852. The van der Waals surface area contributed by atoms with E-state index in [4.69, 9.17) is 11.6 Å². The van der Waals surface area contributed by atoms with E-state index < -0.39 is 11.7 Å². The summed E-state index contributed by atoms with van der Waals surface area (Å²) in [6, 6.07) is 9.88. The molecule has 25 heavy (non-hydrogen) atoms. The third-order valence-electron chi connectivity index (χ3n) is 3.36. The van der Waals surface area contributed by atoms with Crippen molar-refractivity contribution in [3.63, 3.8) is 0 Å². The number of benzene rings is 1. The van der Waals surface area contributed by atoms with Gasteiger partial charge in [-0.05, 0) is 23.8 Å². The summed E-state index contributed by atoms with van der Waals surface area (Å²) >= 11 is 6.00. The maximum Gasteiger partial charge on any atom is 0.416 e. The quantitative estimate of drug-likeness (QED) is 0.674. The smallest absolute Gasteiger partial charge is 0.366 e. The highest BCUT2D eigenvalue weighted by Gasteiger charge is 2.30. The zero-order chi connectivity index (χ0) is 17.9. The van der Waals surface area contributed by atoms with E-state index in [1.165, 1.54) is 12.1 Å². The molecule has 2 heterocycles. The molecule has 0 fully saturated rings. The molecule has 0 aliphatic rings. The molecule has 0 aliphatic heterocycles. The lowest BCUT2D eigenvalue weighted by molar-refractivity contribution is -0.137. The van der Waals surface area contributed by atoms with E-state index in [-0.39, 0.29) is 11.0 Å². The molecule has 0 saturated heterocycles. The Morgan fingerprint density at radius 1 is 1.04 bits per heavy atom. The monoisotopic (exact) mass is 364 g/mol. The van der Waals surface area contributed by atoms with Gasteiger partial charge in [0.25, 0.3) is 0 Å². The SMILES string of the molecule is FC(F)(F)c1ccc(-c2nc(Cl)cc(NCc3cccnc3)n2)cc1. The second kappa shape index (κ2) is 7.06. The minimum absolute atomic E-state index is 0.193. The molecule has 0 amide bonds. The minimum atomic E-state index is -4.38. The number of alkyl halides is 3. The summed E-state index contributed by atoms with van der Waals surface area (Å²) < 4.78 is 37.9. The molecule has 2 aromatic heterocycles. The highest BCUT2D eigenvalue weighted by molar-refractivity contribution is 6.29. The highest BCUT2D eigenvalue weighted by atomic mass is 35.5. The molecular weight excluding hydrogens is 353 g/mol. The first-order valence-electron chi connectivity index (χ1n) is 7.27. The number of rotatable bonds is 4. The maximum atomic E-state index is 12.6. The standard InChI is InChI=1S/C17H12ClF3N4/c18-14-8-15(23-10-11-2-1-7-22-9-11)25-16(24-14)12-3-5-13(6-4-12)17(19,20)21/h1-9H,10H2,(H,23,24,25). The predicted octanol–water partition coefficient (Wildman–Crippen LogP) is 4.82. The van der Waals surface area contributed by atoms with Gasteiger partial charge in [-0.1, -0.05) is 29.8 Å². The van der Waals surface area contributed by atoms with Gasteiger partial charge < -0.3 is 5.32 Å². The Morgan fingerprint density at radius 2 is 1.80 bits per heavy atom. The molecule has 0 aliphatic carbocycles. The van der Waals surface area contributed by atoms with Crippen LogP contribution < -0.4 is 5.32 Å². The Morgan fingerprint density at radius 3 is 2.44 bits per heavy atom. The number of halogens is 4. The lowest BCUT2D eigenvalue weighted by atomic mass is 10.1. The number of pyridine rings is 1. The topological polar surface area (TPSA) is 50.7 Å². The number of nitrogens with one attached hydrogen (secondary N) is 1. The summed E-state index contributed by atoms with van der Waals surface area (Å²) in [6.45, 7) is 0.480. The Kier molecular flexibility index (Phi) is 4.85. The molecule has 128 valence electrons. The summed E-state index contributed by atoms with van der Waals surface area (Å²) in [4.78, 5) is 12.4. The molecule has 0 radical (unpaired) electrons. The van der Waals surface area contributed by atoms with Gasteiger partial charge in [-0.3, -0.25) is 4.98 Å². The lowest BCUT2D eigenvalue weighted by Crippen LogP contribution is -2.05. The van der Waals surface area contributed by atoms with Crippen molar-refractivity contribution in [2.24, 2.45) is 0 Å². The van der Waals surface area contributed by atoms with Crippen LogP contribution in [0.15, 0.2) is 54.9 Å². The third-order valence-corrected chi connectivity index (χ3v) is 3.56. The van der Waals surface area contributed by atoms with Crippen LogP contribution in [-0.4, -0.2) is 15.0 Å². The van der Waals surface area contributed by atoms with Crippen LogP contribution in [0.4, 0.5) is 19.0 Å². The van der Waals surface area contributed by atoms with Crippen LogP contribution in [-0.2, 0) is 12.7 Å². The van der Waals surface area contributed by atoms with Gasteiger partial charge in [0.05, 0.1) is 5.56 Å². The Labute approximate surface area is 146 Å². The van der Waals surface area contributed by atoms with E-state index in [0.29, 0.717) is 17.9 Å². The molecule has 0 atom stereocenters. The molecule has 0 bridgehead atoms.